The van der Waals surface area contributed by atoms with Crippen LogP contribution in [0, 0.1) is 0 Å². The van der Waals surface area contributed by atoms with Crippen molar-refractivity contribution in [2.45, 2.75) is 69.4 Å². The molecule has 0 aromatic heterocycles. The van der Waals surface area contributed by atoms with Gasteiger partial charge in [0.25, 0.3) is 0 Å². The van der Waals surface area contributed by atoms with Gasteiger partial charge in [-0.05, 0) is 39.3 Å². The predicted molar refractivity (Wildman–Crippen MR) is 75.8 cm³/mol. The van der Waals surface area contributed by atoms with Gasteiger partial charge < -0.3 is 15.3 Å². The Labute approximate surface area is 112 Å². The van der Waals surface area contributed by atoms with Gasteiger partial charge >= 0.3 is 0 Å². The van der Waals surface area contributed by atoms with Crippen LogP contribution in [-0.4, -0.2) is 48.3 Å². The van der Waals surface area contributed by atoms with Crippen LogP contribution in [0.4, 0.5) is 0 Å². The van der Waals surface area contributed by atoms with Gasteiger partial charge in [0.1, 0.15) is 0 Å². The maximum atomic E-state index is 10.6. The summed E-state index contributed by atoms with van der Waals surface area (Å²) in [6.45, 7) is 3.06. The summed E-state index contributed by atoms with van der Waals surface area (Å²) in [5, 5.41) is 14.1. The van der Waals surface area contributed by atoms with Crippen LogP contribution in [0.1, 0.15) is 57.8 Å². The number of piperidine rings is 1. The third-order valence-corrected chi connectivity index (χ3v) is 4.79. The highest BCUT2D eigenvalue weighted by Gasteiger charge is 2.28. The van der Waals surface area contributed by atoms with E-state index in [0.717, 1.165) is 25.9 Å². The van der Waals surface area contributed by atoms with E-state index in [4.69, 9.17) is 0 Å². The van der Waals surface area contributed by atoms with Gasteiger partial charge in [0.15, 0.2) is 0 Å². The van der Waals surface area contributed by atoms with Gasteiger partial charge in [0.2, 0.25) is 0 Å². The molecule has 18 heavy (non-hydrogen) atoms. The lowest BCUT2D eigenvalue weighted by Gasteiger charge is -2.34. The van der Waals surface area contributed by atoms with Gasteiger partial charge in [-0.25, -0.2) is 0 Å². The minimum Gasteiger partial charge on any atom is -0.389 e. The summed E-state index contributed by atoms with van der Waals surface area (Å²) in [5.41, 5.74) is -0.427. The van der Waals surface area contributed by atoms with Crippen LogP contribution < -0.4 is 5.32 Å². The maximum Gasteiger partial charge on any atom is 0.0771 e. The summed E-state index contributed by atoms with van der Waals surface area (Å²) in [4.78, 5) is 2.47. The second kappa shape index (κ2) is 6.88. The SMILES string of the molecule is CN1CCCCC1CNCC1(O)CCCCCC1. The summed E-state index contributed by atoms with van der Waals surface area (Å²) >= 11 is 0. The summed E-state index contributed by atoms with van der Waals surface area (Å²) in [5.74, 6) is 0. The van der Waals surface area contributed by atoms with Crippen molar-refractivity contribution < 1.29 is 5.11 Å². The molecular formula is C15H30N2O. The Balaban J connectivity index is 1.70. The molecule has 3 nitrogen and oxygen atoms in total. The first-order valence-corrected chi connectivity index (χ1v) is 7.83. The first-order chi connectivity index (χ1) is 8.70. The van der Waals surface area contributed by atoms with Crippen LogP contribution in [0.15, 0.2) is 0 Å². The fourth-order valence-electron chi connectivity index (χ4n) is 3.44. The molecule has 0 radical (unpaired) electrons. The zero-order valence-corrected chi connectivity index (χ0v) is 12.0. The van der Waals surface area contributed by atoms with Crippen LogP contribution in [0.25, 0.3) is 0 Å². The van der Waals surface area contributed by atoms with Gasteiger partial charge in [0.05, 0.1) is 5.60 Å². The molecule has 1 saturated carbocycles. The maximum absolute atomic E-state index is 10.6. The van der Waals surface area contributed by atoms with Crippen molar-refractivity contribution in [3.05, 3.63) is 0 Å². The Morgan fingerprint density at radius 2 is 1.83 bits per heavy atom. The monoisotopic (exact) mass is 254 g/mol. The zero-order valence-electron chi connectivity index (χ0n) is 12.0. The molecule has 0 bridgehead atoms. The first kappa shape index (κ1) is 14.3. The molecule has 0 amide bonds. The van der Waals surface area contributed by atoms with Crippen LogP contribution >= 0.6 is 0 Å². The quantitative estimate of drug-likeness (QED) is 0.755. The molecule has 1 saturated heterocycles. The molecule has 3 heteroatoms. The normalized spacial score (nSPS) is 30.0. The minimum atomic E-state index is -0.427. The van der Waals surface area contributed by atoms with Crippen molar-refractivity contribution in [2.24, 2.45) is 0 Å². The highest BCUT2D eigenvalue weighted by molar-refractivity contribution is 4.85. The Bertz CT molecular complexity index is 237. The fraction of sp³-hybridized carbons (Fsp3) is 1.00. The third kappa shape index (κ3) is 4.22. The van der Waals surface area contributed by atoms with E-state index in [-0.39, 0.29) is 0 Å². The fourth-order valence-corrected chi connectivity index (χ4v) is 3.44. The van der Waals surface area contributed by atoms with E-state index in [1.165, 1.54) is 51.5 Å². The average Bonchev–Trinajstić information content (AvgIpc) is 2.57. The van der Waals surface area contributed by atoms with E-state index >= 15 is 0 Å². The molecule has 0 aromatic carbocycles. The minimum absolute atomic E-state index is 0.427. The summed E-state index contributed by atoms with van der Waals surface area (Å²) in [7, 11) is 2.23. The lowest BCUT2D eigenvalue weighted by molar-refractivity contribution is 0.0232. The van der Waals surface area contributed by atoms with E-state index in [2.05, 4.69) is 17.3 Å². The van der Waals surface area contributed by atoms with Crippen LogP contribution in [0.3, 0.4) is 0 Å². The van der Waals surface area contributed by atoms with Crippen molar-refractivity contribution in [2.75, 3.05) is 26.7 Å². The number of nitrogens with one attached hydrogen (secondary N) is 1. The molecule has 0 spiro atoms. The molecular weight excluding hydrogens is 224 g/mol. The molecule has 2 fully saturated rings. The number of likely N-dealkylation sites (N-methyl/N-ethyl adjacent to an activating group) is 1. The second-order valence-electron chi connectivity index (χ2n) is 6.40. The highest BCUT2D eigenvalue weighted by atomic mass is 16.3. The van der Waals surface area contributed by atoms with Gasteiger partial charge in [-0.15, -0.1) is 0 Å². The van der Waals surface area contributed by atoms with E-state index < -0.39 is 5.60 Å². The van der Waals surface area contributed by atoms with Crippen LogP contribution in [0.5, 0.6) is 0 Å². The Hall–Kier alpha value is -0.120. The standard InChI is InChI=1S/C15H30N2O/c1-17-11-7-4-8-14(17)12-16-13-15(18)9-5-2-3-6-10-15/h14,16,18H,2-13H2,1H3. The van der Waals surface area contributed by atoms with Gasteiger partial charge in [-0.2, -0.15) is 0 Å². The molecule has 0 aromatic rings. The number of aliphatic hydroxyl groups is 1. The highest BCUT2D eigenvalue weighted by Crippen LogP contribution is 2.26. The van der Waals surface area contributed by atoms with Crippen LogP contribution in [-0.2, 0) is 0 Å². The molecule has 1 aliphatic carbocycles. The summed E-state index contributed by atoms with van der Waals surface area (Å²) < 4.78 is 0. The molecule has 1 aliphatic heterocycles. The largest absolute Gasteiger partial charge is 0.389 e. The molecule has 2 aliphatic rings. The Kier molecular flexibility index (Phi) is 5.46. The van der Waals surface area contributed by atoms with Crippen molar-refractivity contribution in [3.63, 3.8) is 0 Å². The smallest absolute Gasteiger partial charge is 0.0771 e. The molecule has 1 heterocycles. The zero-order chi connectivity index (χ0) is 12.8. The molecule has 2 rings (SSSR count). The molecule has 2 N–H and O–H groups in total. The lowest BCUT2D eigenvalue weighted by Crippen LogP contribution is -2.47. The van der Waals surface area contributed by atoms with E-state index in [1.807, 2.05) is 0 Å². The van der Waals surface area contributed by atoms with Crippen molar-refractivity contribution in [1.29, 1.82) is 0 Å². The van der Waals surface area contributed by atoms with E-state index in [0.29, 0.717) is 6.04 Å². The molecule has 106 valence electrons. The summed E-state index contributed by atoms with van der Waals surface area (Å²) in [6.07, 6.45) is 11.0. The van der Waals surface area contributed by atoms with Crippen molar-refractivity contribution in [1.82, 2.24) is 10.2 Å². The number of likely N-dealkylation sites (tertiary alicyclic amines) is 1. The lowest BCUT2D eigenvalue weighted by atomic mass is 9.94. The predicted octanol–water partition coefficient (Wildman–Crippen LogP) is 2.15. The van der Waals surface area contributed by atoms with Crippen molar-refractivity contribution in [3.8, 4) is 0 Å². The Morgan fingerprint density at radius 3 is 2.50 bits per heavy atom. The second-order valence-corrected chi connectivity index (χ2v) is 6.40. The van der Waals surface area contributed by atoms with Crippen molar-refractivity contribution >= 4 is 0 Å². The van der Waals surface area contributed by atoms with Crippen LogP contribution in [0.2, 0.25) is 0 Å². The van der Waals surface area contributed by atoms with Gasteiger partial charge in [-0.3, -0.25) is 0 Å². The van der Waals surface area contributed by atoms with E-state index in [9.17, 15) is 5.11 Å². The number of hydrogen-bond donors (Lipinski definition) is 2. The average molecular weight is 254 g/mol. The van der Waals surface area contributed by atoms with Gasteiger partial charge in [0, 0.05) is 19.1 Å². The topological polar surface area (TPSA) is 35.5 Å². The Morgan fingerprint density at radius 1 is 1.11 bits per heavy atom. The third-order valence-electron chi connectivity index (χ3n) is 4.79. The molecule has 1 atom stereocenters. The number of rotatable bonds is 4. The van der Waals surface area contributed by atoms with Gasteiger partial charge in [-0.1, -0.05) is 32.1 Å². The summed E-state index contributed by atoms with van der Waals surface area (Å²) in [6, 6.07) is 0.674. The molecule has 1 unspecified atom stereocenters. The number of nitrogens with zero attached hydrogens (tertiary/aromatic N) is 1. The first-order valence-electron chi connectivity index (χ1n) is 7.83. The number of hydrogen-bond acceptors (Lipinski definition) is 3. The van der Waals surface area contributed by atoms with E-state index in [1.54, 1.807) is 0 Å².